The molecule has 0 bridgehead atoms. The summed E-state index contributed by atoms with van der Waals surface area (Å²) in [4.78, 5) is 11.9. The molecule has 0 fully saturated rings. The van der Waals surface area contributed by atoms with Crippen molar-refractivity contribution in [2.75, 3.05) is 0 Å². The van der Waals surface area contributed by atoms with Crippen molar-refractivity contribution in [1.82, 2.24) is 15.1 Å². The highest BCUT2D eigenvalue weighted by Crippen LogP contribution is 2.12. The molecule has 1 N–H and O–H groups in total. The minimum absolute atomic E-state index is 0.200. The third-order valence-electron chi connectivity index (χ3n) is 2.15. The van der Waals surface area contributed by atoms with E-state index in [4.69, 9.17) is 0 Å². The number of benzene rings is 1. The lowest BCUT2D eigenvalue weighted by atomic mass is 10.1. The van der Waals surface area contributed by atoms with Crippen LogP contribution in [0, 0.1) is 0 Å². The van der Waals surface area contributed by atoms with Gasteiger partial charge in [-0.05, 0) is 26.8 Å². The number of amides is 1. The molecule has 0 saturated carbocycles. The third-order valence-corrected chi connectivity index (χ3v) is 2.15. The lowest BCUT2D eigenvalue weighted by Crippen LogP contribution is -2.43. The number of carbonyl (C=O) groups is 1. The van der Waals surface area contributed by atoms with E-state index in [2.05, 4.69) is 10.4 Å². The van der Waals surface area contributed by atoms with Crippen LogP contribution in [0.4, 0.5) is 4.79 Å². The Labute approximate surface area is 94.3 Å². The van der Waals surface area contributed by atoms with Crippen molar-refractivity contribution in [3.63, 3.8) is 0 Å². The Morgan fingerprint density at radius 3 is 2.69 bits per heavy atom. The standard InChI is InChI=1S/C12H15N3O/c1-12(2,3)14-11(16)15-10-7-5-4-6-9(10)8-13-15/h4-8H,1-3H3,(H,14,16). The molecule has 1 amide bonds. The lowest BCUT2D eigenvalue weighted by molar-refractivity contribution is 0.231. The van der Waals surface area contributed by atoms with Crippen molar-refractivity contribution in [2.24, 2.45) is 0 Å². The molecule has 0 unspecified atom stereocenters. The van der Waals surface area contributed by atoms with Crippen molar-refractivity contribution in [1.29, 1.82) is 0 Å². The average Bonchev–Trinajstić information content (AvgIpc) is 2.58. The number of fused-ring (bicyclic) bond motifs is 1. The van der Waals surface area contributed by atoms with Gasteiger partial charge >= 0.3 is 6.03 Å². The van der Waals surface area contributed by atoms with Gasteiger partial charge in [0.25, 0.3) is 0 Å². The first-order chi connectivity index (χ1) is 7.47. The van der Waals surface area contributed by atoms with E-state index in [-0.39, 0.29) is 11.6 Å². The number of hydrogen-bond acceptors (Lipinski definition) is 2. The maximum absolute atomic E-state index is 11.9. The number of aromatic nitrogens is 2. The maximum Gasteiger partial charge on any atom is 0.343 e. The second-order valence-corrected chi connectivity index (χ2v) is 4.80. The van der Waals surface area contributed by atoms with Crippen LogP contribution in [0.25, 0.3) is 10.9 Å². The molecule has 84 valence electrons. The van der Waals surface area contributed by atoms with E-state index in [1.807, 2.05) is 45.0 Å². The Morgan fingerprint density at radius 1 is 1.31 bits per heavy atom. The Bertz CT molecular complexity index is 522. The third kappa shape index (κ3) is 2.05. The second-order valence-electron chi connectivity index (χ2n) is 4.80. The fraction of sp³-hybridized carbons (Fsp3) is 0.333. The Hall–Kier alpha value is -1.84. The van der Waals surface area contributed by atoms with Crippen LogP contribution in [-0.2, 0) is 0 Å². The van der Waals surface area contributed by atoms with E-state index in [0.29, 0.717) is 0 Å². The van der Waals surface area contributed by atoms with E-state index in [1.165, 1.54) is 4.68 Å². The van der Waals surface area contributed by atoms with Gasteiger partial charge in [-0.15, -0.1) is 0 Å². The monoisotopic (exact) mass is 217 g/mol. The van der Waals surface area contributed by atoms with Gasteiger partial charge in [0, 0.05) is 10.9 Å². The molecule has 0 aliphatic carbocycles. The van der Waals surface area contributed by atoms with E-state index < -0.39 is 0 Å². The summed E-state index contributed by atoms with van der Waals surface area (Å²) in [6.07, 6.45) is 1.69. The summed E-state index contributed by atoms with van der Waals surface area (Å²) in [5.41, 5.74) is 0.564. The van der Waals surface area contributed by atoms with Crippen LogP contribution >= 0.6 is 0 Å². The second kappa shape index (κ2) is 3.63. The molecule has 0 aliphatic rings. The quantitative estimate of drug-likeness (QED) is 0.736. The van der Waals surface area contributed by atoms with Gasteiger partial charge in [0.1, 0.15) is 0 Å². The van der Waals surface area contributed by atoms with E-state index >= 15 is 0 Å². The summed E-state index contributed by atoms with van der Waals surface area (Å²) in [6, 6.07) is 7.43. The van der Waals surface area contributed by atoms with Gasteiger partial charge in [0.15, 0.2) is 0 Å². The van der Waals surface area contributed by atoms with Crippen molar-refractivity contribution >= 4 is 16.9 Å². The van der Waals surface area contributed by atoms with Gasteiger partial charge in [-0.2, -0.15) is 9.78 Å². The van der Waals surface area contributed by atoms with Crippen molar-refractivity contribution in [3.8, 4) is 0 Å². The van der Waals surface area contributed by atoms with E-state index in [1.54, 1.807) is 6.20 Å². The molecule has 2 aromatic rings. The molecule has 1 aromatic heterocycles. The summed E-state index contributed by atoms with van der Waals surface area (Å²) in [6.45, 7) is 5.82. The Balaban J connectivity index is 2.37. The predicted octanol–water partition coefficient (Wildman–Crippen LogP) is 2.39. The molecule has 0 radical (unpaired) electrons. The normalized spacial score (nSPS) is 11.7. The largest absolute Gasteiger partial charge is 0.343 e. The summed E-state index contributed by atoms with van der Waals surface area (Å²) < 4.78 is 1.39. The molecule has 4 nitrogen and oxygen atoms in total. The zero-order valence-electron chi connectivity index (χ0n) is 9.69. The van der Waals surface area contributed by atoms with Crippen LogP contribution in [0.5, 0.6) is 0 Å². The Morgan fingerprint density at radius 2 is 2.00 bits per heavy atom. The maximum atomic E-state index is 11.9. The summed E-state index contributed by atoms with van der Waals surface area (Å²) in [5.74, 6) is 0. The highest BCUT2D eigenvalue weighted by molar-refractivity contribution is 5.89. The number of rotatable bonds is 0. The number of nitrogens with zero attached hydrogens (tertiary/aromatic N) is 2. The van der Waals surface area contributed by atoms with Crippen molar-refractivity contribution < 1.29 is 4.79 Å². The molecule has 4 heteroatoms. The van der Waals surface area contributed by atoms with Gasteiger partial charge in [0.05, 0.1) is 11.7 Å². The SMILES string of the molecule is CC(C)(C)NC(=O)n1ncc2ccccc21. The topological polar surface area (TPSA) is 46.9 Å². The molecule has 2 rings (SSSR count). The number of nitrogens with one attached hydrogen (secondary N) is 1. The highest BCUT2D eigenvalue weighted by Gasteiger charge is 2.16. The minimum Gasteiger partial charge on any atom is -0.332 e. The van der Waals surface area contributed by atoms with Gasteiger partial charge < -0.3 is 5.32 Å². The summed E-state index contributed by atoms with van der Waals surface area (Å²) in [7, 11) is 0. The number of para-hydroxylation sites is 1. The van der Waals surface area contributed by atoms with Crippen molar-refractivity contribution in [2.45, 2.75) is 26.3 Å². The molecule has 0 aliphatic heterocycles. The van der Waals surface area contributed by atoms with Crippen LogP contribution in [0.1, 0.15) is 20.8 Å². The minimum atomic E-state index is -0.260. The van der Waals surface area contributed by atoms with E-state index in [9.17, 15) is 4.79 Å². The fourth-order valence-corrected chi connectivity index (χ4v) is 1.51. The van der Waals surface area contributed by atoms with E-state index in [0.717, 1.165) is 10.9 Å². The van der Waals surface area contributed by atoms with Crippen LogP contribution in [0.15, 0.2) is 30.5 Å². The Kier molecular flexibility index (Phi) is 2.42. The van der Waals surface area contributed by atoms with Gasteiger partial charge in [-0.25, -0.2) is 4.79 Å². The highest BCUT2D eigenvalue weighted by atomic mass is 16.2. The molecule has 0 saturated heterocycles. The number of hydrogen-bond donors (Lipinski definition) is 1. The van der Waals surface area contributed by atoms with Crippen LogP contribution < -0.4 is 5.32 Å². The average molecular weight is 217 g/mol. The van der Waals surface area contributed by atoms with Gasteiger partial charge in [0.2, 0.25) is 0 Å². The lowest BCUT2D eigenvalue weighted by Gasteiger charge is -2.20. The summed E-state index contributed by atoms with van der Waals surface area (Å²) in [5, 5.41) is 7.92. The first-order valence-corrected chi connectivity index (χ1v) is 5.23. The predicted molar refractivity (Wildman–Crippen MR) is 63.4 cm³/mol. The molecular formula is C12H15N3O. The molecule has 0 atom stereocenters. The molecule has 1 aromatic carbocycles. The molecule has 16 heavy (non-hydrogen) atoms. The first-order valence-electron chi connectivity index (χ1n) is 5.23. The molecular weight excluding hydrogens is 202 g/mol. The van der Waals surface area contributed by atoms with Crippen LogP contribution in [0.2, 0.25) is 0 Å². The van der Waals surface area contributed by atoms with Crippen molar-refractivity contribution in [3.05, 3.63) is 30.5 Å². The van der Waals surface area contributed by atoms with Crippen LogP contribution in [-0.4, -0.2) is 21.4 Å². The smallest absolute Gasteiger partial charge is 0.332 e. The molecule has 1 heterocycles. The summed E-state index contributed by atoms with van der Waals surface area (Å²) >= 11 is 0. The zero-order valence-corrected chi connectivity index (χ0v) is 9.69. The number of carbonyl (C=O) groups excluding carboxylic acids is 1. The van der Waals surface area contributed by atoms with Crippen LogP contribution in [0.3, 0.4) is 0 Å². The van der Waals surface area contributed by atoms with Gasteiger partial charge in [-0.1, -0.05) is 18.2 Å². The fourth-order valence-electron chi connectivity index (χ4n) is 1.51. The first kappa shape index (κ1) is 10.7. The molecule has 0 spiro atoms. The zero-order chi connectivity index (χ0) is 11.8. The van der Waals surface area contributed by atoms with Gasteiger partial charge in [-0.3, -0.25) is 0 Å².